The smallest absolute Gasteiger partial charge is 0.340 e. The Morgan fingerprint density at radius 2 is 1.54 bits per heavy atom. The summed E-state index contributed by atoms with van der Waals surface area (Å²) in [5.41, 5.74) is 1.26. The summed E-state index contributed by atoms with van der Waals surface area (Å²) in [6, 6.07) is 15.5. The first-order chi connectivity index (χ1) is 13.5. The third-order valence-corrected chi connectivity index (χ3v) is 3.69. The van der Waals surface area contributed by atoms with Gasteiger partial charge < -0.3 is 20.7 Å². The molecule has 0 spiro atoms. The zero-order chi connectivity index (χ0) is 20.4. The van der Waals surface area contributed by atoms with Crippen molar-refractivity contribution in [2.75, 3.05) is 25.5 Å². The van der Waals surface area contributed by atoms with E-state index in [0.29, 0.717) is 5.69 Å². The van der Waals surface area contributed by atoms with Gasteiger partial charge in [0.05, 0.1) is 24.2 Å². The van der Waals surface area contributed by atoms with Crippen LogP contribution >= 0.6 is 0 Å². The summed E-state index contributed by atoms with van der Waals surface area (Å²) < 4.78 is 4.96. The standard InChI is InChI=1S/C20H21N3O5/c1-21-18(25)12-22-19(26)13-28-20(27)15-9-5-6-10-16(15)23-17(24)11-14-7-3-2-4-8-14/h2-10H,11-13H2,1H3,(H,21,25)(H,22,26)(H,23,24). The quantitative estimate of drug-likeness (QED) is 0.586. The number of carbonyl (C=O) groups excluding carboxylic acids is 4. The average molecular weight is 383 g/mol. The molecule has 0 saturated carbocycles. The van der Waals surface area contributed by atoms with Gasteiger partial charge >= 0.3 is 5.97 Å². The summed E-state index contributed by atoms with van der Waals surface area (Å²) in [4.78, 5) is 47.2. The van der Waals surface area contributed by atoms with Gasteiger partial charge in [-0.1, -0.05) is 42.5 Å². The molecule has 2 aromatic carbocycles. The SMILES string of the molecule is CNC(=O)CNC(=O)COC(=O)c1ccccc1NC(=O)Cc1ccccc1. The Bertz CT molecular complexity index is 852. The minimum atomic E-state index is -0.759. The van der Waals surface area contributed by atoms with Gasteiger partial charge in [0.25, 0.3) is 5.91 Å². The van der Waals surface area contributed by atoms with Crippen LogP contribution in [0.5, 0.6) is 0 Å². The fourth-order valence-corrected chi connectivity index (χ4v) is 2.27. The second-order valence-electron chi connectivity index (χ2n) is 5.78. The number of amides is 3. The van der Waals surface area contributed by atoms with Gasteiger partial charge in [0.15, 0.2) is 6.61 Å². The molecule has 2 rings (SSSR count). The Kier molecular flexibility index (Phi) is 7.71. The van der Waals surface area contributed by atoms with Crippen LogP contribution in [0, 0.1) is 0 Å². The molecule has 0 radical (unpaired) electrons. The van der Waals surface area contributed by atoms with Crippen molar-refractivity contribution < 1.29 is 23.9 Å². The molecule has 0 aliphatic heterocycles. The lowest BCUT2D eigenvalue weighted by Crippen LogP contribution is -2.37. The molecule has 3 N–H and O–H groups in total. The van der Waals surface area contributed by atoms with Crippen molar-refractivity contribution >= 4 is 29.4 Å². The molecule has 0 fully saturated rings. The summed E-state index contributed by atoms with van der Waals surface area (Å²) in [7, 11) is 1.44. The van der Waals surface area contributed by atoms with Gasteiger partial charge in [-0.05, 0) is 17.7 Å². The number of para-hydroxylation sites is 1. The maximum absolute atomic E-state index is 12.3. The van der Waals surface area contributed by atoms with Gasteiger partial charge in [-0.15, -0.1) is 0 Å². The Morgan fingerprint density at radius 3 is 2.25 bits per heavy atom. The first kappa shape index (κ1) is 20.6. The van der Waals surface area contributed by atoms with Crippen LogP contribution in [0.3, 0.4) is 0 Å². The Morgan fingerprint density at radius 1 is 0.857 bits per heavy atom. The zero-order valence-electron chi connectivity index (χ0n) is 15.4. The molecular weight excluding hydrogens is 362 g/mol. The molecule has 0 aromatic heterocycles. The van der Waals surface area contributed by atoms with Crippen LogP contribution in [0.1, 0.15) is 15.9 Å². The fraction of sp³-hybridized carbons (Fsp3) is 0.200. The Balaban J connectivity index is 1.93. The number of carbonyl (C=O) groups is 4. The molecule has 8 nitrogen and oxygen atoms in total. The normalized spacial score (nSPS) is 9.89. The predicted molar refractivity (Wildman–Crippen MR) is 103 cm³/mol. The van der Waals surface area contributed by atoms with Crippen molar-refractivity contribution in [3.63, 3.8) is 0 Å². The maximum Gasteiger partial charge on any atom is 0.340 e. The van der Waals surface area contributed by atoms with Crippen LogP contribution < -0.4 is 16.0 Å². The highest BCUT2D eigenvalue weighted by Crippen LogP contribution is 2.16. The highest BCUT2D eigenvalue weighted by Gasteiger charge is 2.16. The van der Waals surface area contributed by atoms with Crippen LogP contribution in [0.15, 0.2) is 54.6 Å². The van der Waals surface area contributed by atoms with Gasteiger partial charge in [-0.2, -0.15) is 0 Å². The van der Waals surface area contributed by atoms with Crippen LogP contribution in [0.2, 0.25) is 0 Å². The van der Waals surface area contributed by atoms with Crippen molar-refractivity contribution in [1.82, 2.24) is 10.6 Å². The number of ether oxygens (including phenoxy) is 1. The number of esters is 1. The number of anilines is 1. The van der Waals surface area contributed by atoms with E-state index in [1.54, 1.807) is 18.2 Å². The Labute approximate surface area is 162 Å². The zero-order valence-corrected chi connectivity index (χ0v) is 15.4. The molecule has 0 atom stereocenters. The maximum atomic E-state index is 12.3. The van der Waals surface area contributed by atoms with E-state index in [1.165, 1.54) is 13.1 Å². The molecular formula is C20H21N3O5. The van der Waals surface area contributed by atoms with Gasteiger partial charge in [0.2, 0.25) is 11.8 Å². The van der Waals surface area contributed by atoms with Crippen LogP contribution in [-0.4, -0.2) is 43.9 Å². The molecule has 0 heterocycles. The van der Waals surface area contributed by atoms with Crippen molar-refractivity contribution in [1.29, 1.82) is 0 Å². The highest BCUT2D eigenvalue weighted by atomic mass is 16.5. The van der Waals surface area contributed by atoms with E-state index in [2.05, 4.69) is 16.0 Å². The largest absolute Gasteiger partial charge is 0.452 e. The third-order valence-electron chi connectivity index (χ3n) is 3.69. The van der Waals surface area contributed by atoms with Crippen LogP contribution in [-0.2, 0) is 25.5 Å². The number of hydrogen-bond acceptors (Lipinski definition) is 5. The summed E-state index contributed by atoms with van der Waals surface area (Å²) in [6.07, 6.45) is 0.159. The number of rotatable bonds is 8. The van der Waals surface area contributed by atoms with E-state index in [-0.39, 0.29) is 30.3 Å². The van der Waals surface area contributed by atoms with E-state index < -0.39 is 18.5 Å². The predicted octanol–water partition coefficient (Wildman–Crippen LogP) is 0.887. The van der Waals surface area contributed by atoms with Crippen LogP contribution in [0.4, 0.5) is 5.69 Å². The van der Waals surface area contributed by atoms with Crippen molar-refractivity contribution in [3.05, 3.63) is 65.7 Å². The molecule has 8 heteroatoms. The third kappa shape index (κ3) is 6.56. The molecule has 28 heavy (non-hydrogen) atoms. The molecule has 0 aliphatic rings. The Hall–Kier alpha value is -3.68. The number of hydrogen-bond donors (Lipinski definition) is 3. The second-order valence-corrected chi connectivity index (χ2v) is 5.78. The molecule has 3 amide bonds. The molecule has 0 unspecified atom stereocenters. The minimum Gasteiger partial charge on any atom is -0.452 e. The van der Waals surface area contributed by atoms with E-state index in [4.69, 9.17) is 4.74 Å². The monoisotopic (exact) mass is 383 g/mol. The lowest BCUT2D eigenvalue weighted by Gasteiger charge is -2.11. The van der Waals surface area contributed by atoms with E-state index >= 15 is 0 Å². The van der Waals surface area contributed by atoms with Crippen LogP contribution in [0.25, 0.3) is 0 Å². The van der Waals surface area contributed by atoms with Gasteiger partial charge in [0.1, 0.15) is 0 Å². The van der Waals surface area contributed by atoms with Crippen molar-refractivity contribution in [2.45, 2.75) is 6.42 Å². The molecule has 0 bridgehead atoms. The van der Waals surface area contributed by atoms with Crippen molar-refractivity contribution in [2.24, 2.45) is 0 Å². The first-order valence-electron chi connectivity index (χ1n) is 8.57. The summed E-state index contributed by atoms with van der Waals surface area (Å²) in [5, 5.41) is 7.35. The lowest BCUT2D eigenvalue weighted by atomic mass is 10.1. The number of benzene rings is 2. The fourth-order valence-electron chi connectivity index (χ4n) is 2.27. The van der Waals surface area contributed by atoms with Gasteiger partial charge in [0, 0.05) is 7.05 Å². The highest BCUT2D eigenvalue weighted by molar-refractivity contribution is 6.02. The summed E-state index contributed by atoms with van der Waals surface area (Å²) in [5.74, 6) is -2.02. The topological polar surface area (TPSA) is 114 Å². The average Bonchev–Trinajstić information content (AvgIpc) is 2.71. The molecule has 0 aliphatic carbocycles. The molecule has 2 aromatic rings. The summed E-state index contributed by atoms with van der Waals surface area (Å²) in [6.45, 7) is -0.749. The number of likely N-dealkylation sites (N-methyl/N-ethyl adjacent to an activating group) is 1. The molecule has 0 saturated heterocycles. The summed E-state index contributed by atoms with van der Waals surface area (Å²) >= 11 is 0. The van der Waals surface area contributed by atoms with E-state index in [9.17, 15) is 19.2 Å². The second kappa shape index (κ2) is 10.5. The number of nitrogens with one attached hydrogen (secondary N) is 3. The van der Waals surface area contributed by atoms with Gasteiger partial charge in [-0.25, -0.2) is 4.79 Å². The van der Waals surface area contributed by atoms with E-state index in [0.717, 1.165) is 5.56 Å². The molecule has 146 valence electrons. The lowest BCUT2D eigenvalue weighted by molar-refractivity contribution is -0.127. The minimum absolute atomic E-state index is 0.128. The first-order valence-corrected chi connectivity index (χ1v) is 8.57. The van der Waals surface area contributed by atoms with E-state index in [1.807, 2.05) is 30.3 Å². The van der Waals surface area contributed by atoms with Gasteiger partial charge in [-0.3, -0.25) is 14.4 Å². The van der Waals surface area contributed by atoms with Crippen molar-refractivity contribution in [3.8, 4) is 0 Å².